The van der Waals surface area contributed by atoms with E-state index in [9.17, 15) is 8.78 Å². The van der Waals surface area contributed by atoms with E-state index in [2.05, 4.69) is 25.3 Å². The van der Waals surface area contributed by atoms with Crippen LogP contribution in [0.4, 0.5) is 32.1 Å². The first kappa shape index (κ1) is 21.8. The van der Waals surface area contributed by atoms with Gasteiger partial charge in [-0.1, -0.05) is 0 Å². The van der Waals surface area contributed by atoms with Gasteiger partial charge in [-0.15, -0.1) is 0 Å². The quantitative estimate of drug-likeness (QED) is 0.240. The maximum absolute atomic E-state index is 13.0. The summed E-state index contributed by atoms with van der Waals surface area (Å²) in [5, 5.41) is 10.00. The highest BCUT2D eigenvalue weighted by Crippen LogP contribution is 2.12. The third kappa shape index (κ3) is 6.87. The first-order valence-corrected chi connectivity index (χ1v) is 8.88. The maximum atomic E-state index is 13.0. The molecule has 0 aliphatic heterocycles. The highest BCUT2D eigenvalue weighted by molar-refractivity contribution is 14.1. The van der Waals surface area contributed by atoms with Gasteiger partial charge in [-0.2, -0.15) is 10.2 Å². The van der Waals surface area contributed by atoms with E-state index in [0.717, 1.165) is 3.57 Å². The summed E-state index contributed by atoms with van der Waals surface area (Å²) in [4.78, 5) is 7.24. The van der Waals surface area contributed by atoms with Gasteiger partial charge in [-0.3, -0.25) is 5.10 Å². The molecule has 4 aromatic rings. The van der Waals surface area contributed by atoms with Crippen molar-refractivity contribution in [3.8, 4) is 5.69 Å². The number of nitrogens with one attached hydrogen (secondary N) is 1. The van der Waals surface area contributed by atoms with Gasteiger partial charge >= 0.3 is 0 Å². The number of H-pyrrole nitrogens is 1. The monoisotopic (exact) mass is 514 g/mol. The molecule has 0 saturated heterocycles. The number of halogens is 3. The summed E-state index contributed by atoms with van der Waals surface area (Å²) in [5.74, 6) is -0.236. The average molecular weight is 514 g/mol. The molecular weight excluding hydrogens is 497 g/mol. The van der Waals surface area contributed by atoms with Gasteiger partial charge in [0.15, 0.2) is 23.3 Å². The van der Waals surface area contributed by atoms with Crippen molar-refractivity contribution < 1.29 is 8.78 Å². The second-order valence-electron chi connectivity index (χ2n) is 5.28. The van der Waals surface area contributed by atoms with Crippen LogP contribution in [0.3, 0.4) is 0 Å². The molecule has 4 rings (SSSR count). The van der Waals surface area contributed by atoms with Crippen LogP contribution in [-0.2, 0) is 0 Å². The zero-order valence-electron chi connectivity index (χ0n) is 14.8. The van der Waals surface area contributed by atoms with Gasteiger partial charge in [-0.25, -0.2) is 23.4 Å². The minimum atomic E-state index is -0.573. The van der Waals surface area contributed by atoms with E-state index in [-0.39, 0.29) is 11.6 Å². The van der Waals surface area contributed by atoms with Crippen molar-refractivity contribution in [3.63, 3.8) is 0 Å². The molecule has 0 unspecified atom stereocenters. The van der Waals surface area contributed by atoms with Gasteiger partial charge in [0.1, 0.15) is 11.6 Å². The van der Waals surface area contributed by atoms with Crippen LogP contribution in [0.25, 0.3) is 5.69 Å². The molecule has 0 aliphatic carbocycles. The Labute approximate surface area is 177 Å². The molecule has 0 bridgehead atoms. The molecule has 0 atom stereocenters. The smallest absolute Gasteiger partial charge is 0.167 e. The van der Waals surface area contributed by atoms with Crippen molar-refractivity contribution in [1.29, 1.82) is 0 Å². The molecule has 0 aromatic carbocycles. The lowest BCUT2D eigenvalue weighted by Crippen LogP contribution is -2.01. The highest BCUT2D eigenvalue weighted by Gasteiger charge is 2.04. The van der Waals surface area contributed by atoms with Crippen molar-refractivity contribution in [2.75, 3.05) is 22.9 Å². The summed E-state index contributed by atoms with van der Waals surface area (Å²) < 4.78 is 27.6. The van der Waals surface area contributed by atoms with Crippen molar-refractivity contribution in [2.45, 2.75) is 0 Å². The van der Waals surface area contributed by atoms with Gasteiger partial charge in [0, 0.05) is 28.1 Å². The summed E-state index contributed by atoms with van der Waals surface area (Å²) in [5.41, 5.74) is 21.4. The zero-order chi connectivity index (χ0) is 21.4. The largest absolute Gasteiger partial charge is 0.384 e. The first-order chi connectivity index (χ1) is 13.8. The van der Waals surface area contributed by atoms with Crippen LogP contribution in [0.5, 0.6) is 0 Å². The van der Waals surface area contributed by atoms with Gasteiger partial charge in [0.05, 0.1) is 18.1 Å². The Balaban J connectivity index is 0.000000171. The summed E-state index contributed by atoms with van der Waals surface area (Å²) in [6.07, 6.45) is 6.15. The molecule has 0 fully saturated rings. The Kier molecular flexibility index (Phi) is 7.64. The first-order valence-electron chi connectivity index (χ1n) is 7.80. The summed E-state index contributed by atoms with van der Waals surface area (Å²) in [7, 11) is 0. The molecule has 4 heterocycles. The number of nitrogens with two attached hydrogens (primary N) is 4. The second-order valence-corrected chi connectivity index (χ2v) is 6.52. The van der Waals surface area contributed by atoms with Crippen molar-refractivity contribution in [1.82, 2.24) is 29.9 Å². The highest BCUT2D eigenvalue weighted by atomic mass is 127. The van der Waals surface area contributed by atoms with E-state index < -0.39 is 11.6 Å². The number of rotatable bonds is 1. The number of nitrogen functional groups attached to an aromatic ring is 4. The Morgan fingerprint density at radius 3 is 2.00 bits per heavy atom. The molecule has 13 heteroatoms. The number of nitrogens with zero attached hydrogens (tertiary/aromatic N) is 5. The van der Waals surface area contributed by atoms with Crippen LogP contribution >= 0.6 is 22.6 Å². The molecule has 152 valence electrons. The SMILES string of the molecule is Nc1ccn(-c2cnc(N)c(F)c2)n1.Nc1ccn[nH]1.Nc1ncc(I)cc1F. The molecule has 0 aliphatic rings. The van der Waals surface area contributed by atoms with E-state index in [4.69, 9.17) is 22.9 Å². The number of hydrogen-bond donors (Lipinski definition) is 5. The van der Waals surface area contributed by atoms with Crippen LogP contribution in [-0.4, -0.2) is 29.9 Å². The number of aromatic nitrogens is 6. The number of pyridine rings is 2. The third-order valence-electron chi connectivity index (χ3n) is 3.09. The number of anilines is 4. The van der Waals surface area contributed by atoms with E-state index in [0.29, 0.717) is 17.3 Å². The van der Waals surface area contributed by atoms with Crippen LogP contribution in [0.1, 0.15) is 0 Å². The van der Waals surface area contributed by atoms with Crippen molar-refractivity contribution in [3.05, 3.63) is 64.3 Å². The molecule has 0 amide bonds. The van der Waals surface area contributed by atoms with Gasteiger partial charge in [-0.05, 0) is 34.7 Å². The molecule has 9 N–H and O–H groups in total. The van der Waals surface area contributed by atoms with Crippen molar-refractivity contribution >= 4 is 45.9 Å². The molecule has 4 aromatic heterocycles. The molecular formula is C16H17F2IN10. The van der Waals surface area contributed by atoms with Gasteiger partial charge in [0.2, 0.25) is 0 Å². The van der Waals surface area contributed by atoms with Crippen LogP contribution in [0, 0.1) is 15.2 Å². The minimum absolute atomic E-state index is 0.0459. The second kappa shape index (κ2) is 10.2. The Morgan fingerprint density at radius 1 is 0.931 bits per heavy atom. The fraction of sp³-hybridized carbons (Fsp3) is 0. The lowest BCUT2D eigenvalue weighted by Gasteiger charge is -2.01. The van der Waals surface area contributed by atoms with Gasteiger partial charge in [0.25, 0.3) is 0 Å². The number of aromatic amines is 1. The van der Waals surface area contributed by atoms with Crippen LogP contribution in [0.2, 0.25) is 0 Å². The van der Waals surface area contributed by atoms with E-state index in [1.54, 1.807) is 24.5 Å². The summed E-state index contributed by atoms with van der Waals surface area (Å²) in [6.45, 7) is 0. The lowest BCUT2D eigenvalue weighted by molar-refractivity contribution is 0.624. The Morgan fingerprint density at radius 2 is 1.59 bits per heavy atom. The molecule has 10 nitrogen and oxygen atoms in total. The van der Waals surface area contributed by atoms with Crippen molar-refractivity contribution in [2.24, 2.45) is 0 Å². The van der Waals surface area contributed by atoms with Crippen LogP contribution < -0.4 is 22.9 Å². The predicted molar refractivity (Wildman–Crippen MR) is 114 cm³/mol. The fourth-order valence-corrected chi connectivity index (χ4v) is 2.15. The lowest BCUT2D eigenvalue weighted by atomic mass is 10.4. The standard InChI is InChI=1S/C8H8FN5.C5H4FIN2.C3H5N3/c9-6-3-5(4-12-8(6)11)14-2-1-7(10)13-14;6-4-1-3(7)2-9-5(4)8;4-3-1-2-5-6-3/h1-4H,(H2,10,13)(H2,11,12);1-2H,(H2,8,9);1-2H,(H3,4,5,6). The third-order valence-corrected chi connectivity index (χ3v) is 3.68. The van der Waals surface area contributed by atoms with E-state index >= 15 is 0 Å². The Bertz CT molecular complexity index is 1050. The average Bonchev–Trinajstić information content (AvgIpc) is 3.33. The van der Waals surface area contributed by atoms with Crippen LogP contribution in [0.15, 0.2) is 49.1 Å². The molecule has 0 spiro atoms. The topological polar surface area (TPSA) is 176 Å². The van der Waals surface area contributed by atoms with E-state index in [1.165, 1.54) is 29.2 Å². The van der Waals surface area contributed by atoms with Gasteiger partial charge < -0.3 is 22.9 Å². The molecule has 29 heavy (non-hydrogen) atoms. The maximum Gasteiger partial charge on any atom is 0.167 e. The van der Waals surface area contributed by atoms with E-state index in [1.807, 2.05) is 22.6 Å². The summed E-state index contributed by atoms with van der Waals surface area (Å²) in [6, 6.07) is 5.88. The fourth-order valence-electron chi connectivity index (χ4n) is 1.74. The number of hydrogen-bond acceptors (Lipinski definition) is 8. The molecule has 0 saturated carbocycles. The minimum Gasteiger partial charge on any atom is -0.384 e. The predicted octanol–water partition coefficient (Wildman–Crippen LogP) is 1.97. The molecule has 0 radical (unpaired) electrons. The normalized spacial score (nSPS) is 9.76. The Hall–Kier alpha value is -3.49. The zero-order valence-corrected chi connectivity index (χ0v) is 17.0. The summed E-state index contributed by atoms with van der Waals surface area (Å²) >= 11 is 1.96.